The second-order valence-electron chi connectivity index (χ2n) is 2.11. The Bertz CT molecular complexity index is 140. The van der Waals surface area contributed by atoms with Gasteiger partial charge in [0.25, 0.3) is 0 Å². The fraction of sp³-hybridized carbons (Fsp3) is 1.00. The Labute approximate surface area is 133 Å². The predicted octanol–water partition coefficient (Wildman–Crippen LogP) is 4.11. The molecule has 0 fully saturated rings. The SMILES string of the molecule is CCCSSSSSS.COCCO[O][Al]=[O]. The Kier molecular flexibility index (Phi) is 29.4. The molecule has 11 heteroatoms. The first-order chi connectivity index (χ1) is 8.33. The predicted molar refractivity (Wildman–Crippen MR) is 87.5 cm³/mol. The monoisotopic (exact) mass is 370 g/mol. The van der Waals surface area contributed by atoms with Gasteiger partial charge in [-0.2, -0.15) is 0 Å². The standard InChI is InChI=1S/C3H8O3.C3H8S6.Al.O/c1-5-2-3-6-4;1-2-3-5-7-9-8-6-4;;/h4H,2-3H2,1H3;4H,2-3H2,1H3;;/q;;+1;/p-1. The van der Waals surface area contributed by atoms with Crippen LogP contribution in [0.4, 0.5) is 0 Å². The second-order valence-corrected chi connectivity index (χ2v) is 11.1. The van der Waals surface area contributed by atoms with E-state index in [9.17, 15) is 3.80 Å². The van der Waals surface area contributed by atoms with E-state index in [4.69, 9.17) is 0 Å². The molecule has 0 atom stereocenters. The molecule has 0 amide bonds. The number of methoxy groups -OCH3 is 1. The molecule has 0 aliphatic rings. The molecule has 17 heavy (non-hydrogen) atoms. The van der Waals surface area contributed by atoms with Crippen LogP contribution in [0.1, 0.15) is 13.3 Å². The van der Waals surface area contributed by atoms with Crippen LogP contribution in [-0.2, 0) is 17.4 Å². The Hall–Kier alpha value is 2.15. The van der Waals surface area contributed by atoms with Gasteiger partial charge < -0.3 is 0 Å². The average molecular weight is 371 g/mol. The average Bonchev–Trinajstić information content (AvgIpc) is 2.36. The number of rotatable bonds is 11. The van der Waals surface area contributed by atoms with Gasteiger partial charge in [0.2, 0.25) is 0 Å². The zero-order chi connectivity index (χ0) is 13.2. The van der Waals surface area contributed by atoms with Gasteiger partial charge in [0.1, 0.15) is 0 Å². The number of hydrogen-bond donors (Lipinski definition) is 1. The molecule has 0 unspecified atom stereocenters. The van der Waals surface area contributed by atoms with Gasteiger partial charge in [-0.3, -0.25) is 0 Å². The molecular weight excluding hydrogens is 355 g/mol. The van der Waals surface area contributed by atoms with Crippen LogP contribution >= 0.6 is 61.8 Å². The van der Waals surface area contributed by atoms with Crippen LogP contribution in [0, 0.1) is 0 Å². The molecule has 4 nitrogen and oxygen atoms in total. The maximum absolute atomic E-state index is 9.59. The van der Waals surface area contributed by atoms with Gasteiger partial charge in [-0.1, -0.05) is 29.4 Å². The molecule has 0 heterocycles. The Balaban J connectivity index is 0. The summed E-state index contributed by atoms with van der Waals surface area (Å²) in [5.74, 6) is 1.25. The summed E-state index contributed by atoms with van der Waals surface area (Å²) in [4.78, 5) is 4.32. The van der Waals surface area contributed by atoms with E-state index in [1.54, 1.807) is 26.8 Å². The topological polar surface area (TPSA) is 44.8 Å². The van der Waals surface area contributed by atoms with E-state index in [0.29, 0.717) is 13.2 Å². The van der Waals surface area contributed by atoms with Crippen molar-refractivity contribution in [3.63, 3.8) is 0 Å². The van der Waals surface area contributed by atoms with Gasteiger partial charge in [0, 0.05) is 5.75 Å². The van der Waals surface area contributed by atoms with Gasteiger partial charge in [-0.05, 0) is 45.7 Å². The molecule has 102 valence electrons. The van der Waals surface area contributed by atoms with Crippen molar-refractivity contribution < 1.29 is 17.4 Å². The molecule has 0 spiro atoms. The molecule has 0 aromatic carbocycles. The zero-order valence-electron chi connectivity index (χ0n) is 9.53. The van der Waals surface area contributed by atoms with E-state index in [1.165, 1.54) is 22.0 Å². The quantitative estimate of drug-likeness (QED) is 0.144. The van der Waals surface area contributed by atoms with Gasteiger partial charge in [0.05, 0.1) is 0 Å². The first-order valence-corrected chi connectivity index (χ1v) is 12.8. The van der Waals surface area contributed by atoms with Gasteiger partial charge in [-0.25, -0.2) is 0 Å². The summed E-state index contributed by atoms with van der Waals surface area (Å²) in [5, 5.41) is 0. The molecule has 0 aliphatic carbocycles. The van der Waals surface area contributed by atoms with E-state index in [0.717, 1.165) is 0 Å². The van der Waals surface area contributed by atoms with Crippen molar-refractivity contribution in [2.24, 2.45) is 0 Å². The molecule has 0 rings (SSSR count). The van der Waals surface area contributed by atoms with Crippen molar-refractivity contribution in [2.75, 3.05) is 26.1 Å². The Morgan fingerprint density at radius 3 is 2.53 bits per heavy atom. The van der Waals surface area contributed by atoms with Crippen LogP contribution in [0.25, 0.3) is 0 Å². The molecule has 0 saturated carbocycles. The van der Waals surface area contributed by atoms with Crippen LogP contribution in [0.2, 0.25) is 0 Å². The second kappa shape index (κ2) is 23.3. The summed E-state index contributed by atoms with van der Waals surface area (Å²) in [7, 11) is 10.3. The van der Waals surface area contributed by atoms with E-state index in [-0.39, 0.29) is 0 Å². The first kappa shape index (κ1) is 21.5. The Morgan fingerprint density at radius 2 is 2.00 bits per heavy atom. The summed E-state index contributed by atoms with van der Waals surface area (Å²) < 4.78 is 18.3. The van der Waals surface area contributed by atoms with Crippen molar-refractivity contribution in [2.45, 2.75) is 13.3 Å². The summed E-state index contributed by atoms with van der Waals surface area (Å²) in [6, 6.07) is 0. The van der Waals surface area contributed by atoms with Crippen molar-refractivity contribution in [1.82, 2.24) is 0 Å². The number of thiol groups is 1. The van der Waals surface area contributed by atoms with Crippen molar-refractivity contribution in [3.05, 3.63) is 0 Å². The van der Waals surface area contributed by atoms with Gasteiger partial charge >= 0.3 is 53.2 Å². The fourth-order valence-electron chi connectivity index (χ4n) is 0.354. The molecule has 0 saturated heterocycles. The van der Waals surface area contributed by atoms with Gasteiger partial charge in [0.15, 0.2) is 0 Å². The third kappa shape index (κ3) is 27.4. The summed E-state index contributed by atoms with van der Waals surface area (Å²) in [6.45, 7) is 2.98. The van der Waals surface area contributed by atoms with E-state index in [2.05, 4.69) is 32.1 Å². The van der Waals surface area contributed by atoms with Gasteiger partial charge in [-0.15, -0.1) is 0 Å². The molecule has 0 N–H and O–H groups in total. The molecule has 0 aliphatic heterocycles. The van der Waals surface area contributed by atoms with Crippen molar-refractivity contribution in [1.29, 1.82) is 0 Å². The van der Waals surface area contributed by atoms with Crippen LogP contribution in [-0.4, -0.2) is 41.6 Å². The maximum atomic E-state index is 9.59. The minimum atomic E-state index is -1.25. The number of hydrogen-bond acceptors (Lipinski definition) is 10. The van der Waals surface area contributed by atoms with E-state index in [1.807, 2.05) is 20.6 Å². The molecule has 0 aromatic rings. The van der Waals surface area contributed by atoms with Crippen molar-refractivity contribution >= 4 is 77.2 Å². The zero-order valence-corrected chi connectivity index (χ0v) is 15.7. The first-order valence-electron chi connectivity index (χ1n) is 4.47. The van der Waals surface area contributed by atoms with E-state index < -0.39 is 15.5 Å². The molecule has 0 aromatic heterocycles. The van der Waals surface area contributed by atoms with E-state index >= 15 is 0 Å². The fourth-order valence-corrected chi connectivity index (χ4v) is 9.38. The van der Waals surface area contributed by atoms with Crippen LogP contribution in [0.5, 0.6) is 0 Å². The summed E-state index contributed by atoms with van der Waals surface area (Å²) >= 11 is 2.73. The molecule has 0 bridgehead atoms. The third-order valence-corrected chi connectivity index (χ3v) is 10.3. The normalized spacial score (nSPS) is 9.12. The van der Waals surface area contributed by atoms with Crippen molar-refractivity contribution in [3.8, 4) is 0 Å². The number of ether oxygens (including phenoxy) is 1. The third-order valence-electron chi connectivity index (χ3n) is 0.900. The Morgan fingerprint density at radius 1 is 1.24 bits per heavy atom. The molecular formula is C6H15AlO4S6. The van der Waals surface area contributed by atoms with Crippen LogP contribution < -0.4 is 0 Å². The van der Waals surface area contributed by atoms with Crippen LogP contribution in [0.15, 0.2) is 0 Å². The minimum absolute atomic E-state index is 0.325. The van der Waals surface area contributed by atoms with Crippen LogP contribution in [0.3, 0.4) is 0 Å². The molecule has 0 radical (unpaired) electrons. The summed E-state index contributed by atoms with van der Waals surface area (Å²) in [6.07, 6.45) is 1.26. The summed E-state index contributed by atoms with van der Waals surface area (Å²) in [5.41, 5.74) is 0.